The molecule has 0 radical (unpaired) electrons. The number of benzene rings is 2. The van der Waals surface area contributed by atoms with Gasteiger partial charge in [0.15, 0.2) is 0 Å². The zero-order chi connectivity index (χ0) is 27.3. The van der Waals surface area contributed by atoms with Crippen molar-refractivity contribution in [3.05, 3.63) is 65.2 Å². The second-order valence-corrected chi connectivity index (χ2v) is 12.1. The van der Waals surface area contributed by atoms with Gasteiger partial charge in [-0.25, -0.2) is 12.7 Å². The lowest BCUT2D eigenvalue weighted by Crippen LogP contribution is -2.51. The van der Waals surface area contributed by atoms with E-state index in [9.17, 15) is 22.8 Å². The van der Waals surface area contributed by atoms with Crippen LogP contribution in [0.15, 0.2) is 53.4 Å². The first-order chi connectivity index (χ1) is 18.2. The van der Waals surface area contributed by atoms with Crippen LogP contribution in [0.1, 0.15) is 79.8 Å². The van der Waals surface area contributed by atoms with Crippen LogP contribution in [0.3, 0.4) is 0 Å². The molecule has 204 valence electrons. The summed E-state index contributed by atoms with van der Waals surface area (Å²) in [6.07, 6.45) is 5.93. The Labute approximate surface area is 225 Å². The van der Waals surface area contributed by atoms with E-state index in [0.717, 1.165) is 41.1 Å². The highest BCUT2D eigenvalue weighted by Crippen LogP contribution is 2.30. The number of hydrogen-bond acceptors (Lipinski definition) is 5. The number of aryl methyl sites for hydroxylation is 1. The van der Waals surface area contributed by atoms with Crippen molar-refractivity contribution in [1.29, 1.82) is 0 Å². The molecule has 0 unspecified atom stereocenters. The molecule has 4 rings (SSSR count). The minimum absolute atomic E-state index is 0.00255. The summed E-state index contributed by atoms with van der Waals surface area (Å²) in [4.78, 5) is 41.2. The van der Waals surface area contributed by atoms with Gasteiger partial charge in [-0.2, -0.15) is 0 Å². The highest BCUT2D eigenvalue weighted by atomic mass is 32.2. The highest BCUT2D eigenvalue weighted by Gasteiger charge is 2.40. The first-order valence-corrected chi connectivity index (χ1v) is 15.0. The second kappa shape index (κ2) is 12.1. The van der Waals surface area contributed by atoms with Crippen molar-refractivity contribution in [2.45, 2.75) is 88.7 Å². The molecule has 2 aromatic rings. The van der Waals surface area contributed by atoms with Gasteiger partial charge in [-0.15, -0.1) is 0 Å². The molecule has 2 aromatic carbocycles. The monoisotopic (exact) mass is 539 g/mol. The maximum absolute atomic E-state index is 13.5. The lowest BCUT2D eigenvalue weighted by Gasteiger charge is -2.33. The van der Waals surface area contributed by atoms with E-state index in [0.29, 0.717) is 6.42 Å². The van der Waals surface area contributed by atoms with E-state index in [-0.39, 0.29) is 54.2 Å². The van der Waals surface area contributed by atoms with Crippen molar-refractivity contribution in [2.75, 3.05) is 6.54 Å². The van der Waals surface area contributed by atoms with E-state index in [1.54, 1.807) is 17.0 Å². The highest BCUT2D eigenvalue weighted by molar-refractivity contribution is 7.90. The average molecular weight is 540 g/mol. The first-order valence-electron chi connectivity index (χ1n) is 13.5. The van der Waals surface area contributed by atoms with E-state index in [2.05, 4.69) is 5.32 Å². The van der Waals surface area contributed by atoms with Crippen LogP contribution in [0.5, 0.6) is 0 Å². The number of nitrogens with one attached hydrogen (secondary N) is 1. The maximum atomic E-state index is 13.5. The van der Waals surface area contributed by atoms with E-state index in [1.807, 2.05) is 38.1 Å². The fourth-order valence-electron chi connectivity index (χ4n) is 5.32. The maximum Gasteiger partial charge on any atom is 0.269 e. The molecule has 9 heteroatoms. The van der Waals surface area contributed by atoms with Crippen LogP contribution in [-0.4, -0.2) is 54.0 Å². The number of fused-ring (bicyclic) bond motifs is 1. The Kier molecular flexibility index (Phi) is 8.87. The Morgan fingerprint density at radius 3 is 2.39 bits per heavy atom. The smallest absolute Gasteiger partial charge is 0.269 e. The van der Waals surface area contributed by atoms with E-state index >= 15 is 0 Å². The van der Waals surface area contributed by atoms with Crippen LogP contribution in [0.2, 0.25) is 0 Å². The molecule has 0 bridgehead atoms. The molecule has 1 aliphatic heterocycles. The summed E-state index contributed by atoms with van der Waals surface area (Å²) in [5.41, 5.74) is 2.18. The molecule has 1 aliphatic carbocycles. The van der Waals surface area contributed by atoms with Gasteiger partial charge >= 0.3 is 0 Å². The Morgan fingerprint density at radius 1 is 1.05 bits per heavy atom. The normalized spacial score (nSPS) is 17.6. The Bertz CT molecular complexity index is 1270. The van der Waals surface area contributed by atoms with Gasteiger partial charge < -0.3 is 10.2 Å². The van der Waals surface area contributed by atoms with Gasteiger partial charge in [0.1, 0.15) is 10.9 Å². The van der Waals surface area contributed by atoms with Gasteiger partial charge in [-0.3, -0.25) is 14.4 Å². The number of sulfonamides is 1. The zero-order valence-corrected chi connectivity index (χ0v) is 23.0. The predicted molar refractivity (Wildman–Crippen MR) is 145 cm³/mol. The molecule has 8 nitrogen and oxygen atoms in total. The van der Waals surface area contributed by atoms with Crippen molar-refractivity contribution < 1.29 is 22.8 Å². The number of amides is 3. The Morgan fingerprint density at radius 2 is 1.74 bits per heavy atom. The predicted octanol–water partition coefficient (Wildman–Crippen LogP) is 4.18. The van der Waals surface area contributed by atoms with Crippen molar-refractivity contribution in [2.24, 2.45) is 0 Å². The molecular formula is C29H37N3O5S. The van der Waals surface area contributed by atoms with Crippen molar-refractivity contribution in [1.82, 2.24) is 14.5 Å². The quantitative estimate of drug-likeness (QED) is 0.488. The fourth-order valence-corrected chi connectivity index (χ4v) is 6.93. The minimum atomic E-state index is -3.92. The summed E-state index contributed by atoms with van der Waals surface area (Å²) in [5.74, 6) is -0.951. The summed E-state index contributed by atoms with van der Waals surface area (Å²) in [6.45, 7) is 4.07. The lowest BCUT2D eigenvalue weighted by atomic mass is 9.95. The molecule has 1 heterocycles. The third-order valence-corrected chi connectivity index (χ3v) is 9.32. The summed E-state index contributed by atoms with van der Waals surface area (Å²) in [6, 6.07) is 13.5. The van der Waals surface area contributed by atoms with Gasteiger partial charge in [-0.05, 0) is 50.3 Å². The number of rotatable bonds is 10. The summed E-state index contributed by atoms with van der Waals surface area (Å²) in [5, 5.41) is 3.16. The number of carbonyl (C=O) groups is 3. The number of carbonyl (C=O) groups excluding carboxylic acids is 3. The molecule has 0 saturated heterocycles. The summed E-state index contributed by atoms with van der Waals surface area (Å²) >= 11 is 0. The van der Waals surface area contributed by atoms with Crippen LogP contribution in [0.25, 0.3) is 0 Å². The van der Waals surface area contributed by atoms with Gasteiger partial charge in [-0.1, -0.05) is 68.1 Å². The van der Waals surface area contributed by atoms with Crippen LogP contribution in [0, 0.1) is 6.92 Å². The third-order valence-electron chi connectivity index (χ3n) is 7.47. The SMILES string of the molecule is CC[C@H](C(=O)NC1CCCCC1)N(Cc1ccc(C)cc1)C(=O)CCCN1C(=O)c2ccccc2S1(=O)=O. The minimum Gasteiger partial charge on any atom is -0.352 e. The largest absolute Gasteiger partial charge is 0.352 e. The standard InChI is InChI=1S/C29H37N3O5S/c1-3-25(28(34)30-23-10-5-4-6-11-23)31(20-22-17-15-21(2)16-18-22)27(33)14-9-19-32-29(35)24-12-7-8-13-26(24)38(32,36)37/h7-8,12-13,15-18,23,25H,3-6,9-11,14,19-20H2,1-2H3,(H,30,34)/t25-/m1/s1. The van der Waals surface area contributed by atoms with Crippen molar-refractivity contribution in [3.8, 4) is 0 Å². The van der Waals surface area contributed by atoms with Crippen molar-refractivity contribution in [3.63, 3.8) is 0 Å². The molecular weight excluding hydrogens is 502 g/mol. The second-order valence-electron chi connectivity index (χ2n) is 10.3. The van der Waals surface area contributed by atoms with Crippen LogP contribution < -0.4 is 5.32 Å². The Hall–Kier alpha value is -3.20. The molecule has 1 saturated carbocycles. The third kappa shape index (κ3) is 6.09. The van der Waals surface area contributed by atoms with Crippen LogP contribution >= 0.6 is 0 Å². The summed E-state index contributed by atoms with van der Waals surface area (Å²) in [7, 11) is -3.92. The number of hydrogen-bond donors (Lipinski definition) is 1. The van der Waals surface area contributed by atoms with Gasteiger partial charge in [0.05, 0.1) is 5.56 Å². The fraction of sp³-hybridized carbons (Fsp3) is 0.483. The Balaban J connectivity index is 1.46. The molecule has 1 fully saturated rings. The van der Waals surface area contributed by atoms with E-state index in [1.165, 1.54) is 18.6 Å². The van der Waals surface area contributed by atoms with Crippen LogP contribution in [-0.2, 0) is 26.2 Å². The van der Waals surface area contributed by atoms with E-state index in [4.69, 9.17) is 0 Å². The van der Waals surface area contributed by atoms with Gasteiger partial charge in [0.2, 0.25) is 11.8 Å². The molecule has 0 aromatic heterocycles. The molecule has 0 spiro atoms. The average Bonchev–Trinajstić information content (AvgIpc) is 3.10. The molecule has 2 aliphatic rings. The lowest BCUT2D eigenvalue weighted by molar-refractivity contribution is -0.141. The number of nitrogens with zero attached hydrogens (tertiary/aromatic N) is 2. The topological polar surface area (TPSA) is 104 Å². The van der Waals surface area contributed by atoms with Gasteiger partial charge in [0, 0.05) is 25.6 Å². The van der Waals surface area contributed by atoms with Gasteiger partial charge in [0.25, 0.3) is 15.9 Å². The molecule has 3 amide bonds. The van der Waals surface area contributed by atoms with E-state index < -0.39 is 22.0 Å². The van der Waals surface area contributed by atoms with Crippen molar-refractivity contribution >= 4 is 27.7 Å². The molecule has 38 heavy (non-hydrogen) atoms. The molecule has 1 atom stereocenters. The zero-order valence-electron chi connectivity index (χ0n) is 22.2. The molecule has 1 N–H and O–H groups in total. The van der Waals surface area contributed by atoms with Crippen LogP contribution in [0.4, 0.5) is 0 Å². The first kappa shape index (κ1) is 27.8. The summed E-state index contributed by atoms with van der Waals surface area (Å²) < 4.78 is 26.6.